The third kappa shape index (κ3) is 4.48. The van der Waals surface area contributed by atoms with Crippen LogP contribution in [0.4, 0.5) is 5.82 Å². The summed E-state index contributed by atoms with van der Waals surface area (Å²) < 4.78 is 5.39. The van der Waals surface area contributed by atoms with Crippen LogP contribution in [0.1, 0.15) is 31.3 Å². The molecule has 1 aliphatic heterocycles. The second-order valence-corrected chi connectivity index (χ2v) is 5.82. The number of anilines is 1. The molecule has 0 saturated carbocycles. The molecule has 0 spiro atoms. The van der Waals surface area contributed by atoms with E-state index in [4.69, 9.17) is 4.74 Å². The molecule has 1 aromatic heterocycles. The molecule has 1 saturated heterocycles. The van der Waals surface area contributed by atoms with Crippen molar-refractivity contribution in [1.82, 2.24) is 15.1 Å². The lowest BCUT2D eigenvalue weighted by atomic mass is 10.1. The molecule has 0 unspecified atom stereocenters. The lowest BCUT2D eigenvalue weighted by Crippen LogP contribution is -2.47. The van der Waals surface area contributed by atoms with Gasteiger partial charge < -0.3 is 9.64 Å². The van der Waals surface area contributed by atoms with Gasteiger partial charge in [-0.25, -0.2) is 0 Å². The van der Waals surface area contributed by atoms with Gasteiger partial charge in [0.25, 0.3) is 0 Å². The zero-order valence-electron chi connectivity index (χ0n) is 13.8. The van der Waals surface area contributed by atoms with E-state index in [9.17, 15) is 4.79 Å². The highest BCUT2D eigenvalue weighted by Gasteiger charge is 2.19. The molecule has 2 rings (SSSR count). The Morgan fingerprint density at radius 2 is 1.95 bits per heavy atom. The number of ether oxygens (including phenoxy) is 1. The van der Waals surface area contributed by atoms with Gasteiger partial charge in [0.05, 0.1) is 6.61 Å². The topological polar surface area (TPSA) is 58.6 Å². The van der Waals surface area contributed by atoms with Gasteiger partial charge in [-0.15, -0.1) is 10.2 Å². The van der Waals surface area contributed by atoms with Crippen molar-refractivity contribution < 1.29 is 9.53 Å². The van der Waals surface area contributed by atoms with Crippen LogP contribution in [0.15, 0.2) is 12.1 Å². The maximum atomic E-state index is 11.9. The SMILES string of the molecule is CCOCCN1CCN(c2ccc(C(=O)C(C)C)nn2)CC1. The Kier molecular flexibility index (Phi) is 6.27. The van der Waals surface area contributed by atoms with Gasteiger partial charge in [0.1, 0.15) is 5.69 Å². The van der Waals surface area contributed by atoms with Gasteiger partial charge in [-0.1, -0.05) is 13.8 Å². The number of carbonyl (C=O) groups is 1. The summed E-state index contributed by atoms with van der Waals surface area (Å²) >= 11 is 0. The van der Waals surface area contributed by atoms with Crippen LogP contribution in [0.3, 0.4) is 0 Å². The lowest BCUT2D eigenvalue weighted by Gasteiger charge is -2.35. The second kappa shape index (κ2) is 8.19. The Balaban J connectivity index is 1.85. The van der Waals surface area contributed by atoms with Gasteiger partial charge in [-0.3, -0.25) is 9.69 Å². The van der Waals surface area contributed by atoms with Crippen molar-refractivity contribution in [2.75, 3.05) is 50.8 Å². The molecular weight excluding hydrogens is 280 g/mol. The summed E-state index contributed by atoms with van der Waals surface area (Å²) in [6, 6.07) is 3.69. The maximum Gasteiger partial charge on any atom is 0.185 e. The molecule has 122 valence electrons. The third-order valence-electron chi connectivity index (χ3n) is 3.88. The monoisotopic (exact) mass is 306 g/mol. The van der Waals surface area contributed by atoms with Gasteiger partial charge in [0.2, 0.25) is 0 Å². The number of rotatable bonds is 7. The number of carbonyl (C=O) groups excluding carboxylic acids is 1. The van der Waals surface area contributed by atoms with Crippen LogP contribution in [-0.2, 0) is 4.74 Å². The molecule has 0 radical (unpaired) electrons. The number of hydrogen-bond acceptors (Lipinski definition) is 6. The van der Waals surface area contributed by atoms with Crippen molar-refractivity contribution in [1.29, 1.82) is 0 Å². The average molecular weight is 306 g/mol. The largest absolute Gasteiger partial charge is 0.380 e. The van der Waals surface area contributed by atoms with E-state index in [0.717, 1.165) is 51.8 Å². The van der Waals surface area contributed by atoms with Crippen LogP contribution >= 0.6 is 0 Å². The molecule has 22 heavy (non-hydrogen) atoms. The first-order valence-corrected chi connectivity index (χ1v) is 8.04. The predicted molar refractivity (Wildman–Crippen MR) is 86.3 cm³/mol. The van der Waals surface area contributed by atoms with Crippen LogP contribution < -0.4 is 4.90 Å². The minimum Gasteiger partial charge on any atom is -0.380 e. The molecular formula is C16H26N4O2. The smallest absolute Gasteiger partial charge is 0.185 e. The molecule has 0 amide bonds. The fourth-order valence-corrected chi connectivity index (χ4v) is 2.46. The predicted octanol–water partition coefficient (Wildman–Crippen LogP) is 1.47. The molecule has 0 atom stereocenters. The molecule has 1 aromatic rings. The Hall–Kier alpha value is -1.53. The summed E-state index contributed by atoms with van der Waals surface area (Å²) in [6.07, 6.45) is 0. The van der Waals surface area contributed by atoms with E-state index in [0.29, 0.717) is 5.69 Å². The van der Waals surface area contributed by atoms with E-state index in [1.54, 1.807) is 6.07 Å². The van der Waals surface area contributed by atoms with Crippen molar-refractivity contribution in [2.24, 2.45) is 5.92 Å². The fourth-order valence-electron chi connectivity index (χ4n) is 2.46. The zero-order valence-corrected chi connectivity index (χ0v) is 13.8. The number of aromatic nitrogens is 2. The minimum absolute atomic E-state index is 0.0415. The zero-order chi connectivity index (χ0) is 15.9. The molecule has 1 aliphatic rings. The third-order valence-corrected chi connectivity index (χ3v) is 3.88. The van der Waals surface area contributed by atoms with Gasteiger partial charge in [-0.05, 0) is 19.1 Å². The van der Waals surface area contributed by atoms with Gasteiger partial charge in [-0.2, -0.15) is 0 Å². The van der Waals surface area contributed by atoms with Crippen LogP contribution in [0.25, 0.3) is 0 Å². The summed E-state index contributed by atoms with van der Waals surface area (Å²) in [5.74, 6) is 0.846. The standard InChI is InChI=1S/C16H26N4O2/c1-4-22-12-11-19-7-9-20(10-8-19)15-6-5-14(17-18-15)16(21)13(2)3/h5-6,13H,4,7-12H2,1-3H3. The van der Waals surface area contributed by atoms with Crippen LogP contribution in [-0.4, -0.2) is 66.8 Å². The number of hydrogen-bond donors (Lipinski definition) is 0. The van der Waals surface area contributed by atoms with Crippen LogP contribution in [0.2, 0.25) is 0 Å². The van der Waals surface area contributed by atoms with Crippen LogP contribution in [0.5, 0.6) is 0 Å². The molecule has 0 N–H and O–H groups in total. The summed E-state index contributed by atoms with van der Waals surface area (Å²) in [4.78, 5) is 16.5. The van der Waals surface area contributed by atoms with E-state index in [1.807, 2.05) is 26.8 Å². The Morgan fingerprint density at radius 3 is 2.50 bits per heavy atom. The van der Waals surface area contributed by atoms with E-state index in [1.165, 1.54) is 0 Å². The maximum absolute atomic E-state index is 11.9. The normalized spacial score (nSPS) is 16.3. The quantitative estimate of drug-likeness (QED) is 0.562. The van der Waals surface area contributed by atoms with Crippen molar-refractivity contribution >= 4 is 11.6 Å². The first kappa shape index (κ1) is 16.8. The van der Waals surface area contributed by atoms with Gasteiger partial charge in [0.15, 0.2) is 11.6 Å². The molecule has 1 fully saturated rings. The van der Waals surface area contributed by atoms with Crippen molar-refractivity contribution in [2.45, 2.75) is 20.8 Å². The van der Waals surface area contributed by atoms with E-state index in [2.05, 4.69) is 20.0 Å². The fraction of sp³-hybridized carbons (Fsp3) is 0.688. The van der Waals surface area contributed by atoms with E-state index in [-0.39, 0.29) is 11.7 Å². The summed E-state index contributed by atoms with van der Waals surface area (Å²) in [6.45, 7) is 12.2. The van der Waals surface area contributed by atoms with Crippen molar-refractivity contribution in [3.8, 4) is 0 Å². The first-order valence-electron chi connectivity index (χ1n) is 8.04. The Bertz CT molecular complexity index is 468. The van der Waals surface area contributed by atoms with Crippen molar-refractivity contribution in [3.05, 3.63) is 17.8 Å². The summed E-state index contributed by atoms with van der Waals surface area (Å²) in [5, 5.41) is 8.30. The average Bonchev–Trinajstić information content (AvgIpc) is 2.55. The summed E-state index contributed by atoms with van der Waals surface area (Å²) in [5.41, 5.74) is 0.453. The van der Waals surface area contributed by atoms with E-state index < -0.39 is 0 Å². The number of nitrogens with zero attached hydrogens (tertiary/aromatic N) is 4. The molecule has 6 nitrogen and oxygen atoms in total. The molecule has 0 bridgehead atoms. The molecule has 2 heterocycles. The van der Waals surface area contributed by atoms with Gasteiger partial charge in [0, 0.05) is 45.2 Å². The number of piperazine rings is 1. The van der Waals surface area contributed by atoms with Gasteiger partial charge >= 0.3 is 0 Å². The second-order valence-electron chi connectivity index (χ2n) is 5.82. The highest BCUT2D eigenvalue weighted by molar-refractivity contribution is 5.95. The highest BCUT2D eigenvalue weighted by Crippen LogP contribution is 2.14. The Morgan fingerprint density at radius 1 is 1.23 bits per heavy atom. The molecule has 0 aromatic carbocycles. The first-order chi connectivity index (χ1) is 10.6. The van der Waals surface area contributed by atoms with E-state index >= 15 is 0 Å². The number of Topliss-reactive ketones (excluding diaryl/α,β-unsaturated/α-hetero) is 1. The lowest BCUT2D eigenvalue weighted by molar-refractivity contribution is 0.0933. The minimum atomic E-state index is -0.0472. The number of ketones is 1. The summed E-state index contributed by atoms with van der Waals surface area (Å²) in [7, 11) is 0. The molecule has 6 heteroatoms. The van der Waals surface area contributed by atoms with Crippen molar-refractivity contribution in [3.63, 3.8) is 0 Å². The highest BCUT2D eigenvalue weighted by atomic mass is 16.5. The molecule has 0 aliphatic carbocycles. The van der Waals surface area contributed by atoms with Crippen LogP contribution in [0, 0.1) is 5.92 Å². The Labute approximate surface area is 132 Å².